The fourth-order valence-corrected chi connectivity index (χ4v) is 2.27. The molecule has 0 heterocycles. The molecule has 0 aliphatic heterocycles. The summed E-state index contributed by atoms with van der Waals surface area (Å²) in [6.45, 7) is 1.28. The monoisotopic (exact) mass is 279 g/mol. The van der Waals surface area contributed by atoms with Gasteiger partial charge in [0.1, 0.15) is 5.82 Å². The molecule has 108 valence electrons. The van der Waals surface area contributed by atoms with Crippen LogP contribution in [0.3, 0.4) is 0 Å². The number of esters is 1. The Kier molecular flexibility index (Phi) is 4.71. The number of carbonyl (C=O) groups is 2. The fraction of sp³-hybridized carbons (Fsp3) is 0.467. The summed E-state index contributed by atoms with van der Waals surface area (Å²) in [5.41, 5.74) is 0.572. The minimum Gasteiger partial charge on any atom is -0.452 e. The Morgan fingerprint density at radius 3 is 2.70 bits per heavy atom. The standard InChI is InChI=1S/C15H18FNO3/c1-10-6-7-11(8-13(10)16)15(19)20-9-14(18)17-12-4-2-3-5-12/h6-8,12H,2-5,9H2,1H3,(H,17,18). The Balaban J connectivity index is 1.81. The lowest BCUT2D eigenvalue weighted by atomic mass is 10.1. The fourth-order valence-electron chi connectivity index (χ4n) is 2.27. The molecule has 0 radical (unpaired) electrons. The summed E-state index contributed by atoms with van der Waals surface area (Å²) in [5.74, 6) is -1.46. The van der Waals surface area contributed by atoms with Gasteiger partial charge in [-0.15, -0.1) is 0 Å². The van der Waals surface area contributed by atoms with E-state index >= 15 is 0 Å². The SMILES string of the molecule is Cc1ccc(C(=O)OCC(=O)NC2CCCC2)cc1F. The van der Waals surface area contributed by atoms with Gasteiger partial charge in [0.05, 0.1) is 5.56 Å². The van der Waals surface area contributed by atoms with Crippen LogP contribution >= 0.6 is 0 Å². The lowest BCUT2D eigenvalue weighted by Crippen LogP contribution is -2.35. The van der Waals surface area contributed by atoms with E-state index in [0.29, 0.717) is 5.56 Å². The molecule has 0 spiro atoms. The topological polar surface area (TPSA) is 55.4 Å². The number of amides is 1. The van der Waals surface area contributed by atoms with Gasteiger partial charge in [0.25, 0.3) is 5.91 Å². The number of hydrogen-bond donors (Lipinski definition) is 1. The highest BCUT2D eigenvalue weighted by molar-refractivity contribution is 5.91. The minimum absolute atomic E-state index is 0.113. The number of aryl methyl sites for hydroxylation is 1. The zero-order valence-corrected chi connectivity index (χ0v) is 11.4. The zero-order chi connectivity index (χ0) is 14.5. The first kappa shape index (κ1) is 14.5. The van der Waals surface area contributed by atoms with Crippen LogP contribution in [0.15, 0.2) is 18.2 Å². The first-order valence-electron chi connectivity index (χ1n) is 6.79. The van der Waals surface area contributed by atoms with Crippen LogP contribution in [0.4, 0.5) is 4.39 Å². The maximum atomic E-state index is 13.3. The summed E-state index contributed by atoms with van der Waals surface area (Å²) in [4.78, 5) is 23.3. The molecule has 0 aromatic heterocycles. The van der Waals surface area contributed by atoms with Crippen LogP contribution in [0.25, 0.3) is 0 Å². The van der Waals surface area contributed by atoms with Crippen molar-refractivity contribution in [3.63, 3.8) is 0 Å². The molecule has 0 saturated heterocycles. The predicted molar refractivity (Wildman–Crippen MR) is 71.8 cm³/mol. The number of nitrogens with one attached hydrogen (secondary N) is 1. The molecule has 1 aliphatic carbocycles. The van der Waals surface area contributed by atoms with Crippen molar-refractivity contribution < 1.29 is 18.7 Å². The van der Waals surface area contributed by atoms with Crippen LogP contribution in [0.1, 0.15) is 41.6 Å². The molecule has 1 aromatic rings. The average Bonchev–Trinajstić information content (AvgIpc) is 2.92. The van der Waals surface area contributed by atoms with Gasteiger partial charge in [-0.05, 0) is 37.5 Å². The van der Waals surface area contributed by atoms with Crippen molar-refractivity contribution in [2.24, 2.45) is 0 Å². The molecule has 20 heavy (non-hydrogen) atoms. The van der Waals surface area contributed by atoms with E-state index in [1.54, 1.807) is 6.92 Å². The Bertz CT molecular complexity index is 510. The van der Waals surface area contributed by atoms with E-state index in [4.69, 9.17) is 4.74 Å². The highest BCUT2D eigenvalue weighted by atomic mass is 19.1. The number of carbonyl (C=O) groups excluding carboxylic acids is 2. The van der Waals surface area contributed by atoms with Crippen molar-refractivity contribution in [1.29, 1.82) is 0 Å². The van der Waals surface area contributed by atoms with Gasteiger partial charge in [0.15, 0.2) is 6.61 Å². The second-order valence-corrected chi connectivity index (χ2v) is 5.09. The van der Waals surface area contributed by atoms with Gasteiger partial charge in [0.2, 0.25) is 0 Å². The van der Waals surface area contributed by atoms with E-state index < -0.39 is 11.8 Å². The van der Waals surface area contributed by atoms with Gasteiger partial charge < -0.3 is 10.1 Å². The van der Waals surface area contributed by atoms with E-state index in [1.807, 2.05) is 0 Å². The molecule has 5 heteroatoms. The molecule has 0 atom stereocenters. The predicted octanol–water partition coefficient (Wildman–Crippen LogP) is 2.35. The molecular formula is C15H18FNO3. The molecule has 1 aliphatic rings. The van der Waals surface area contributed by atoms with E-state index in [-0.39, 0.29) is 24.1 Å². The molecular weight excluding hydrogens is 261 g/mol. The van der Waals surface area contributed by atoms with Crippen LogP contribution in [-0.4, -0.2) is 24.5 Å². The third-order valence-corrected chi connectivity index (χ3v) is 3.46. The first-order chi connectivity index (χ1) is 9.56. The smallest absolute Gasteiger partial charge is 0.338 e. The van der Waals surface area contributed by atoms with Crippen molar-refractivity contribution >= 4 is 11.9 Å². The molecule has 1 saturated carbocycles. The first-order valence-corrected chi connectivity index (χ1v) is 6.79. The Labute approximate surface area is 117 Å². The number of benzene rings is 1. The summed E-state index contributed by atoms with van der Waals surface area (Å²) >= 11 is 0. The van der Waals surface area contributed by atoms with Crippen LogP contribution in [0, 0.1) is 12.7 Å². The largest absolute Gasteiger partial charge is 0.452 e. The van der Waals surface area contributed by atoms with Crippen molar-refractivity contribution in [2.75, 3.05) is 6.61 Å². The van der Waals surface area contributed by atoms with Gasteiger partial charge in [-0.1, -0.05) is 18.9 Å². The maximum Gasteiger partial charge on any atom is 0.338 e. The summed E-state index contributed by atoms with van der Waals surface area (Å²) in [5, 5.41) is 2.82. The molecule has 1 amide bonds. The lowest BCUT2D eigenvalue weighted by Gasteiger charge is -2.12. The highest BCUT2D eigenvalue weighted by Crippen LogP contribution is 2.17. The average molecular weight is 279 g/mol. The summed E-state index contributed by atoms with van der Waals surface area (Å²) in [6.07, 6.45) is 4.19. The van der Waals surface area contributed by atoms with Crippen LogP contribution in [-0.2, 0) is 9.53 Å². The van der Waals surface area contributed by atoms with Crippen LogP contribution < -0.4 is 5.32 Å². The lowest BCUT2D eigenvalue weighted by molar-refractivity contribution is -0.124. The third-order valence-electron chi connectivity index (χ3n) is 3.46. The van der Waals surface area contributed by atoms with Crippen molar-refractivity contribution in [2.45, 2.75) is 38.6 Å². The number of halogens is 1. The summed E-state index contributed by atoms with van der Waals surface area (Å²) < 4.78 is 18.2. The Morgan fingerprint density at radius 1 is 1.35 bits per heavy atom. The van der Waals surface area contributed by atoms with Crippen molar-refractivity contribution in [3.8, 4) is 0 Å². The van der Waals surface area contributed by atoms with E-state index in [9.17, 15) is 14.0 Å². The normalized spacial score (nSPS) is 15.1. The number of rotatable bonds is 4. The molecule has 1 N–H and O–H groups in total. The quantitative estimate of drug-likeness (QED) is 0.861. The maximum absolute atomic E-state index is 13.3. The summed E-state index contributed by atoms with van der Waals surface area (Å²) in [7, 11) is 0. The van der Waals surface area contributed by atoms with Gasteiger partial charge in [-0.25, -0.2) is 9.18 Å². The Morgan fingerprint density at radius 2 is 2.05 bits per heavy atom. The van der Waals surface area contributed by atoms with Crippen LogP contribution in [0.5, 0.6) is 0 Å². The summed E-state index contributed by atoms with van der Waals surface area (Å²) in [6, 6.07) is 4.30. The number of hydrogen-bond acceptors (Lipinski definition) is 3. The molecule has 2 rings (SSSR count). The molecule has 4 nitrogen and oxygen atoms in total. The van der Waals surface area contributed by atoms with E-state index in [2.05, 4.69) is 5.32 Å². The van der Waals surface area contributed by atoms with Gasteiger partial charge >= 0.3 is 5.97 Å². The van der Waals surface area contributed by atoms with Gasteiger partial charge in [0, 0.05) is 6.04 Å². The molecule has 1 fully saturated rings. The van der Waals surface area contributed by atoms with Crippen molar-refractivity contribution in [3.05, 3.63) is 35.1 Å². The molecule has 0 bridgehead atoms. The second kappa shape index (κ2) is 6.50. The highest BCUT2D eigenvalue weighted by Gasteiger charge is 2.18. The van der Waals surface area contributed by atoms with Gasteiger partial charge in [-0.2, -0.15) is 0 Å². The molecule has 1 aromatic carbocycles. The minimum atomic E-state index is -0.689. The molecule has 0 unspecified atom stereocenters. The van der Waals surface area contributed by atoms with E-state index in [0.717, 1.165) is 31.7 Å². The third kappa shape index (κ3) is 3.79. The van der Waals surface area contributed by atoms with E-state index in [1.165, 1.54) is 12.1 Å². The number of ether oxygens (including phenoxy) is 1. The zero-order valence-electron chi connectivity index (χ0n) is 11.4. The van der Waals surface area contributed by atoms with Crippen LogP contribution in [0.2, 0.25) is 0 Å². The van der Waals surface area contributed by atoms with Gasteiger partial charge in [-0.3, -0.25) is 4.79 Å². The van der Waals surface area contributed by atoms with Crippen molar-refractivity contribution in [1.82, 2.24) is 5.32 Å². The Hall–Kier alpha value is -1.91. The second-order valence-electron chi connectivity index (χ2n) is 5.09.